The van der Waals surface area contributed by atoms with Gasteiger partial charge in [0.2, 0.25) is 0 Å². The van der Waals surface area contributed by atoms with Gasteiger partial charge in [0.05, 0.1) is 5.69 Å². The van der Waals surface area contributed by atoms with E-state index in [9.17, 15) is 4.39 Å². The second-order valence-corrected chi connectivity index (χ2v) is 4.08. The van der Waals surface area contributed by atoms with Gasteiger partial charge in [-0.15, -0.1) is 0 Å². The largest absolute Gasteiger partial charge is 0.295 e. The van der Waals surface area contributed by atoms with Crippen molar-refractivity contribution in [1.82, 2.24) is 9.55 Å². The monoisotopic (exact) mass is 206 g/mol. The Morgan fingerprint density at radius 3 is 3.29 bits per heavy atom. The summed E-state index contributed by atoms with van der Waals surface area (Å²) < 4.78 is 15.0. The van der Waals surface area contributed by atoms with Crippen molar-refractivity contribution in [3.05, 3.63) is 42.0 Å². The summed E-state index contributed by atoms with van der Waals surface area (Å²) in [5.41, 5.74) is 2.07. The van der Waals surface area contributed by atoms with Gasteiger partial charge in [-0.05, 0) is 23.8 Å². The summed E-state index contributed by atoms with van der Waals surface area (Å²) in [6.45, 7) is 0. The van der Waals surface area contributed by atoms with E-state index in [1.165, 1.54) is 6.07 Å². The van der Waals surface area contributed by atoms with E-state index in [1.54, 1.807) is 30.1 Å². The van der Waals surface area contributed by atoms with Crippen molar-refractivity contribution in [1.29, 1.82) is 0 Å². The van der Waals surface area contributed by atoms with Crippen LogP contribution in [0, 0.1) is 5.82 Å². The van der Waals surface area contributed by atoms with Crippen molar-refractivity contribution in [2.24, 2.45) is 0 Å². The molecule has 2 aromatic rings. The minimum absolute atomic E-state index is 0.173. The Kier molecular flexibility index (Phi) is 1.64. The van der Waals surface area contributed by atoms with Crippen LogP contribution in [0.1, 0.15) is 5.56 Å². The SMILES string of the molecule is Fc1ccc2c(c1)CSc1nccn1-2. The van der Waals surface area contributed by atoms with Crippen LogP contribution in [-0.4, -0.2) is 9.55 Å². The van der Waals surface area contributed by atoms with E-state index in [1.807, 2.05) is 10.8 Å². The maximum atomic E-state index is 13.0. The summed E-state index contributed by atoms with van der Waals surface area (Å²) in [5, 5.41) is 0.976. The topological polar surface area (TPSA) is 17.8 Å². The zero-order valence-corrected chi connectivity index (χ0v) is 8.09. The molecular formula is C10H7FN2S. The third-order valence-electron chi connectivity index (χ3n) is 2.26. The number of aromatic nitrogens is 2. The van der Waals surface area contributed by atoms with Gasteiger partial charge < -0.3 is 0 Å². The highest BCUT2D eigenvalue weighted by Gasteiger charge is 2.16. The predicted molar refractivity (Wildman–Crippen MR) is 53.1 cm³/mol. The lowest BCUT2D eigenvalue weighted by atomic mass is 10.2. The zero-order chi connectivity index (χ0) is 9.54. The lowest BCUT2D eigenvalue weighted by Crippen LogP contribution is -2.05. The molecule has 0 atom stereocenters. The molecule has 14 heavy (non-hydrogen) atoms. The summed E-state index contributed by atoms with van der Waals surface area (Å²) in [5.74, 6) is 0.623. The molecule has 0 amide bonds. The molecule has 70 valence electrons. The van der Waals surface area contributed by atoms with Crippen LogP contribution in [0.15, 0.2) is 35.7 Å². The lowest BCUT2D eigenvalue weighted by Gasteiger charge is -2.17. The van der Waals surface area contributed by atoms with Crippen molar-refractivity contribution in [3.8, 4) is 5.69 Å². The van der Waals surface area contributed by atoms with Gasteiger partial charge in [-0.3, -0.25) is 4.57 Å². The van der Waals surface area contributed by atoms with Crippen LogP contribution in [0.3, 0.4) is 0 Å². The highest BCUT2D eigenvalue weighted by molar-refractivity contribution is 7.98. The first-order valence-electron chi connectivity index (χ1n) is 4.29. The Bertz CT molecular complexity index is 493. The van der Waals surface area contributed by atoms with Crippen LogP contribution >= 0.6 is 11.8 Å². The number of hydrogen-bond donors (Lipinski definition) is 0. The van der Waals surface area contributed by atoms with Crippen molar-refractivity contribution < 1.29 is 4.39 Å². The molecule has 2 nitrogen and oxygen atoms in total. The fraction of sp³-hybridized carbons (Fsp3) is 0.100. The molecule has 1 aliphatic heterocycles. The number of hydrogen-bond acceptors (Lipinski definition) is 2. The second-order valence-electron chi connectivity index (χ2n) is 3.14. The maximum absolute atomic E-state index is 13.0. The van der Waals surface area contributed by atoms with E-state index >= 15 is 0 Å². The van der Waals surface area contributed by atoms with Crippen LogP contribution in [0.4, 0.5) is 4.39 Å². The van der Waals surface area contributed by atoms with E-state index in [-0.39, 0.29) is 5.82 Å². The molecule has 0 saturated heterocycles. The lowest BCUT2D eigenvalue weighted by molar-refractivity contribution is 0.625. The van der Waals surface area contributed by atoms with Gasteiger partial charge in [-0.2, -0.15) is 0 Å². The number of rotatable bonds is 0. The molecule has 1 aliphatic rings. The van der Waals surface area contributed by atoms with Gasteiger partial charge in [0, 0.05) is 18.1 Å². The standard InChI is InChI=1S/C10H7FN2S/c11-8-1-2-9-7(5-8)6-14-10-12-3-4-13(9)10/h1-5H,6H2. The Hall–Kier alpha value is -1.29. The molecule has 1 aromatic heterocycles. The molecule has 0 unspecified atom stereocenters. The predicted octanol–water partition coefficient (Wildman–Crippen LogP) is 2.62. The second kappa shape index (κ2) is 2.85. The summed E-state index contributed by atoms with van der Waals surface area (Å²) in [7, 11) is 0. The van der Waals surface area contributed by atoms with Crippen molar-refractivity contribution in [2.45, 2.75) is 10.9 Å². The molecule has 0 N–H and O–H groups in total. The minimum Gasteiger partial charge on any atom is -0.295 e. The van der Waals surface area contributed by atoms with Crippen LogP contribution in [0.25, 0.3) is 5.69 Å². The number of halogens is 1. The third kappa shape index (κ3) is 1.07. The molecule has 2 heterocycles. The van der Waals surface area contributed by atoms with Gasteiger partial charge in [0.1, 0.15) is 5.82 Å². The van der Waals surface area contributed by atoms with Crippen LogP contribution in [0.2, 0.25) is 0 Å². The number of fused-ring (bicyclic) bond motifs is 3. The molecule has 0 radical (unpaired) electrons. The van der Waals surface area contributed by atoms with E-state index in [2.05, 4.69) is 4.98 Å². The van der Waals surface area contributed by atoms with Crippen LogP contribution in [-0.2, 0) is 5.75 Å². The van der Waals surface area contributed by atoms with Gasteiger partial charge in [0.25, 0.3) is 0 Å². The van der Waals surface area contributed by atoms with Crippen molar-refractivity contribution in [2.75, 3.05) is 0 Å². The van der Waals surface area contributed by atoms with Gasteiger partial charge in [-0.25, -0.2) is 9.37 Å². The average molecular weight is 206 g/mol. The number of benzene rings is 1. The molecule has 0 aliphatic carbocycles. The summed E-state index contributed by atoms with van der Waals surface area (Å²) in [4.78, 5) is 4.21. The molecule has 0 spiro atoms. The van der Waals surface area contributed by atoms with Crippen LogP contribution in [0.5, 0.6) is 0 Å². The highest BCUT2D eigenvalue weighted by atomic mass is 32.2. The Morgan fingerprint density at radius 1 is 1.43 bits per heavy atom. The molecule has 0 fully saturated rings. The Labute approximate surface area is 84.8 Å². The molecule has 0 saturated carbocycles. The number of nitrogens with zero attached hydrogens (tertiary/aromatic N) is 2. The van der Waals surface area contributed by atoms with Gasteiger partial charge in [0.15, 0.2) is 5.16 Å². The van der Waals surface area contributed by atoms with Crippen molar-refractivity contribution >= 4 is 11.8 Å². The van der Waals surface area contributed by atoms with Crippen LogP contribution < -0.4 is 0 Å². The molecule has 3 rings (SSSR count). The fourth-order valence-electron chi connectivity index (χ4n) is 1.63. The first kappa shape index (κ1) is 8.05. The van der Waals surface area contributed by atoms with E-state index in [4.69, 9.17) is 0 Å². The quantitative estimate of drug-likeness (QED) is 0.659. The third-order valence-corrected chi connectivity index (χ3v) is 3.28. The fourth-order valence-corrected chi connectivity index (χ4v) is 2.58. The van der Waals surface area contributed by atoms with E-state index in [0.717, 1.165) is 22.2 Å². The molecular weight excluding hydrogens is 199 g/mol. The zero-order valence-electron chi connectivity index (χ0n) is 7.27. The molecule has 4 heteroatoms. The summed E-state index contributed by atoms with van der Waals surface area (Å²) in [6.07, 6.45) is 3.67. The number of thioether (sulfide) groups is 1. The smallest absolute Gasteiger partial charge is 0.172 e. The number of imidazole rings is 1. The summed E-state index contributed by atoms with van der Waals surface area (Å²) in [6, 6.07) is 4.87. The Morgan fingerprint density at radius 2 is 2.36 bits per heavy atom. The van der Waals surface area contributed by atoms with Gasteiger partial charge >= 0.3 is 0 Å². The minimum atomic E-state index is -0.173. The van der Waals surface area contributed by atoms with E-state index < -0.39 is 0 Å². The first-order chi connectivity index (χ1) is 6.84. The Balaban J connectivity index is 2.26. The van der Waals surface area contributed by atoms with Crippen molar-refractivity contribution in [3.63, 3.8) is 0 Å². The maximum Gasteiger partial charge on any atom is 0.172 e. The average Bonchev–Trinajstić information content (AvgIpc) is 2.65. The molecule has 1 aromatic carbocycles. The summed E-state index contributed by atoms with van der Waals surface area (Å²) >= 11 is 1.63. The van der Waals surface area contributed by atoms with Gasteiger partial charge in [-0.1, -0.05) is 11.8 Å². The first-order valence-corrected chi connectivity index (χ1v) is 5.28. The normalized spacial score (nSPS) is 13.5. The van der Waals surface area contributed by atoms with E-state index in [0.29, 0.717) is 0 Å². The molecule has 0 bridgehead atoms. The highest BCUT2D eigenvalue weighted by Crippen LogP contribution is 2.32.